The van der Waals surface area contributed by atoms with Crippen molar-refractivity contribution < 1.29 is 0 Å². The highest BCUT2D eigenvalue weighted by Crippen LogP contribution is 2.20. The number of rotatable bonds is 4. The van der Waals surface area contributed by atoms with Gasteiger partial charge in [-0.05, 0) is 20.8 Å². The molecule has 3 aromatic heterocycles. The van der Waals surface area contributed by atoms with E-state index in [0.29, 0.717) is 29.4 Å². The number of hydrogen-bond acceptors (Lipinski definition) is 3. The minimum Gasteiger partial charge on any atom is -0.313 e. The van der Waals surface area contributed by atoms with Crippen LogP contribution < -0.4 is 11.2 Å². The average molecular weight is 350 g/mol. The number of hydrogen-bond donors (Lipinski definition) is 0. The van der Waals surface area contributed by atoms with Crippen molar-refractivity contribution in [3.63, 3.8) is 0 Å². The average Bonchev–Trinajstić information content (AvgIpc) is 3.02. The highest BCUT2D eigenvalue weighted by Gasteiger charge is 2.22. The molecule has 0 aliphatic rings. The molecule has 3 heterocycles. The zero-order valence-corrected chi connectivity index (χ0v) is 15.0. The lowest BCUT2D eigenvalue weighted by Gasteiger charge is -2.08. The summed E-state index contributed by atoms with van der Waals surface area (Å²) in [7, 11) is 1.62. The van der Waals surface area contributed by atoms with Gasteiger partial charge in [-0.2, -0.15) is 4.98 Å². The van der Waals surface area contributed by atoms with Gasteiger partial charge in [-0.3, -0.25) is 18.3 Å². The molecule has 8 heteroatoms. The molecule has 0 fully saturated rings. The monoisotopic (exact) mass is 349 g/mol. The second-order valence-corrected chi connectivity index (χ2v) is 6.50. The summed E-state index contributed by atoms with van der Waals surface area (Å²) in [6.07, 6.45) is 0. The summed E-state index contributed by atoms with van der Waals surface area (Å²) in [5.41, 5.74) is 2.69. The van der Waals surface area contributed by atoms with Gasteiger partial charge in [0.05, 0.1) is 6.54 Å². The van der Waals surface area contributed by atoms with Crippen molar-refractivity contribution in [3.8, 4) is 0 Å². The third-order valence-electron chi connectivity index (χ3n) is 4.37. The molecule has 0 aromatic carbocycles. The van der Waals surface area contributed by atoms with Crippen molar-refractivity contribution in [1.82, 2.24) is 23.1 Å². The maximum atomic E-state index is 13.0. The number of alkyl halides is 1. The van der Waals surface area contributed by atoms with E-state index in [4.69, 9.17) is 11.6 Å². The highest BCUT2D eigenvalue weighted by molar-refractivity contribution is 6.17. The van der Waals surface area contributed by atoms with Crippen molar-refractivity contribution in [2.75, 3.05) is 5.88 Å². The third-order valence-corrected chi connectivity index (χ3v) is 4.54. The number of fused-ring (bicyclic) bond motifs is 3. The maximum Gasteiger partial charge on any atom is 0.332 e. The highest BCUT2D eigenvalue weighted by atomic mass is 35.5. The van der Waals surface area contributed by atoms with Gasteiger partial charge in [0.15, 0.2) is 11.2 Å². The molecule has 0 aliphatic heterocycles. The molecular formula is C16H20ClN5O2. The summed E-state index contributed by atoms with van der Waals surface area (Å²) in [5.74, 6) is 1.06. The fraction of sp³-hybridized carbons (Fsp3) is 0.438. The first-order chi connectivity index (χ1) is 11.3. The first-order valence-electron chi connectivity index (χ1n) is 7.67. The molecular weight excluding hydrogens is 330 g/mol. The Morgan fingerprint density at radius 1 is 1.21 bits per heavy atom. The van der Waals surface area contributed by atoms with Crippen molar-refractivity contribution >= 4 is 28.5 Å². The van der Waals surface area contributed by atoms with Crippen LogP contribution in [0.15, 0.2) is 21.7 Å². The fourth-order valence-corrected chi connectivity index (χ4v) is 3.25. The van der Waals surface area contributed by atoms with Crippen LogP contribution in [0.3, 0.4) is 0 Å². The van der Waals surface area contributed by atoms with Gasteiger partial charge in [0.2, 0.25) is 5.78 Å². The summed E-state index contributed by atoms with van der Waals surface area (Å²) in [6, 6.07) is 0. The van der Waals surface area contributed by atoms with E-state index in [1.807, 2.05) is 22.8 Å². The van der Waals surface area contributed by atoms with E-state index in [2.05, 4.69) is 11.6 Å². The summed E-state index contributed by atoms with van der Waals surface area (Å²) >= 11 is 5.90. The Morgan fingerprint density at radius 3 is 2.46 bits per heavy atom. The molecule has 0 spiro atoms. The van der Waals surface area contributed by atoms with E-state index in [1.165, 1.54) is 9.13 Å². The van der Waals surface area contributed by atoms with Crippen LogP contribution in [-0.2, 0) is 20.1 Å². The van der Waals surface area contributed by atoms with Gasteiger partial charge in [-0.1, -0.05) is 12.2 Å². The molecule has 0 saturated heterocycles. The van der Waals surface area contributed by atoms with E-state index in [9.17, 15) is 9.59 Å². The Balaban J connectivity index is 2.54. The van der Waals surface area contributed by atoms with Crippen molar-refractivity contribution in [1.29, 1.82) is 0 Å². The fourth-order valence-electron chi connectivity index (χ4n) is 3.08. The molecule has 0 unspecified atom stereocenters. The van der Waals surface area contributed by atoms with Crippen molar-refractivity contribution in [2.45, 2.75) is 33.9 Å². The van der Waals surface area contributed by atoms with Crippen LogP contribution in [0.25, 0.3) is 16.9 Å². The largest absolute Gasteiger partial charge is 0.332 e. The molecule has 128 valence electrons. The van der Waals surface area contributed by atoms with E-state index in [1.54, 1.807) is 14.0 Å². The lowest BCUT2D eigenvalue weighted by atomic mass is 10.3. The molecule has 0 saturated carbocycles. The first-order valence-corrected chi connectivity index (χ1v) is 8.21. The molecule has 24 heavy (non-hydrogen) atoms. The molecule has 0 aliphatic carbocycles. The molecule has 0 amide bonds. The second-order valence-electron chi connectivity index (χ2n) is 6.12. The smallest absolute Gasteiger partial charge is 0.313 e. The summed E-state index contributed by atoms with van der Waals surface area (Å²) in [4.78, 5) is 30.0. The topological polar surface area (TPSA) is 66.2 Å². The molecule has 0 N–H and O–H groups in total. The van der Waals surface area contributed by atoms with E-state index >= 15 is 0 Å². The summed E-state index contributed by atoms with van der Waals surface area (Å²) in [6.45, 7) is 10.3. The van der Waals surface area contributed by atoms with Crippen LogP contribution in [0.4, 0.5) is 0 Å². The van der Waals surface area contributed by atoms with Crippen LogP contribution in [-0.4, -0.2) is 29.0 Å². The van der Waals surface area contributed by atoms with E-state index in [0.717, 1.165) is 17.0 Å². The van der Waals surface area contributed by atoms with Gasteiger partial charge in [0.25, 0.3) is 5.56 Å². The second kappa shape index (κ2) is 5.66. The van der Waals surface area contributed by atoms with Crippen molar-refractivity contribution in [3.05, 3.63) is 44.4 Å². The van der Waals surface area contributed by atoms with Gasteiger partial charge in [-0.15, -0.1) is 11.6 Å². The Labute approximate surface area is 143 Å². The quantitative estimate of drug-likeness (QED) is 0.530. The maximum absolute atomic E-state index is 13.0. The minimum atomic E-state index is -0.394. The van der Waals surface area contributed by atoms with E-state index in [-0.39, 0.29) is 12.1 Å². The van der Waals surface area contributed by atoms with Crippen LogP contribution in [0, 0.1) is 13.8 Å². The number of halogens is 1. The van der Waals surface area contributed by atoms with Gasteiger partial charge >= 0.3 is 5.69 Å². The standard InChI is InChI=1S/C16H20ClN5O2/c1-9(2)8-21-14(23)12-13(19(5)16(21)24)18-15-20(7-6-17)10(3)11(4)22(12)15/h1,6-8H2,2-5H3. The Kier molecular flexibility index (Phi) is 3.91. The zero-order chi connectivity index (χ0) is 17.8. The molecule has 7 nitrogen and oxygen atoms in total. The first kappa shape index (κ1) is 16.6. The Bertz CT molecular complexity index is 1100. The molecule has 3 aromatic rings. The zero-order valence-electron chi connectivity index (χ0n) is 14.3. The number of nitrogens with zero attached hydrogens (tertiary/aromatic N) is 5. The van der Waals surface area contributed by atoms with Gasteiger partial charge in [0.1, 0.15) is 0 Å². The SMILES string of the molecule is C=C(C)Cn1c(=O)c2c(nc3n(CCCl)c(C)c(C)n23)n(C)c1=O. The molecule has 0 bridgehead atoms. The predicted octanol–water partition coefficient (Wildman–Crippen LogP) is 1.58. The van der Waals surface area contributed by atoms with Gasteiger partial charge < -0.3 is 4.57 Å². The third kappa shape index (κ3) is 2.15. The number of allylic oxidation sites excluding steroid dienone is 1. The number of aromatic nitrogens is 5. The van der Waals surface area contributed by atoms with Crippen LogP contribution in [0.1, 0.15) is 18.3 Å². The minimum absolute atomic E-state index is 0.190. The van der Waals surface area contributed by atoms with Crippen LogP contribution in [0.5, 0.6) is 0 Å². The predicted molar refractivity (Wildman–Crippen MR) is 95.2 cm³/mol. The number of imidazole rings is 2. The molecule has 0 atom stereocenters. The molecule has 0 radical (unpaired) electrons. The number of aryl methyl sites for hydroxylation is 3. The van der Waals surface area contributed by atoms with Crippen LogP contribution in [0.2, 0.25) is 0 Å². The Morgan fingerprint density at radius 2 is 1.88 bits per heavy atom. The Hall–Kier alpha value is -2.28. The molecule has 3 rings (SSSR count). The normalized spacial score (nSPS) is 11.7. The summed E-state index contributed by atoms with van der Waals surface area (Å²) in [5, 5.41) is 0. The lowest BCUT2D eigenvalue weighted by molar-refractivity contribution is 0.650. The van der Waals surface area contributed by atoms with E-state index < -0.39 is 5.69 Å². The van der Waals surface area contributed by atoms with Gasteiger partial charge in [-0.25, -0.2) is 4.79 Å². The van der Waals surface area contributed by atoms with Crippen LogP contribution >= 0.6 is 11.6 Å². The summed E-state index contributed by atoms with van der Waals surface area (Å²) < 4.78 is 6.39. The van der Waals surface area contributed by atoms with Gasteiger partial charge in [0, 0.05) is 30.9 Å². The lowest BCUT2D eigenvalue weighted by Crippen LogP contribution is -2.39. The van der Waals surface area contributed by atoms with Crippen molar-refractivity contribution in [2.24, 2.45) is 7.05 Å².